The molecule has 0 spiro atoms. The van der Waals surface area contributed by atoms with Crippen LogP contribution in [0.3, 0.4) is 0 Å². The van der Waals surface area contributed by atoms with Gasteiger partial charge in [-0.25, -0.2) is 0 Å². The molecule has 0 saturated heterocycles. The molecule has 7 nitrogen and oxygen atoms in total. The number of hydrogen-bond donors (Lipinski definition) is 3. The molecule has 1 aliphatic heterocycles. The van der Waals surface area contributed by atoms with Gasteiger partial charge in [0.15, 0.2) is 4.77 Å². The number of aromatic amines is 1. The van der Waals surface area contributed by atoms with Gasteiger partial charge in [0.05, 0.1) is 18.9 Å². The summed E-state index contributed by atoms with van der Waals surface area (Å²) in [5.41, 5.74) is 4.09. The van der Waals surface area contributed by atoms with Crippen LogP contribution in [-0.2, 0) is 7.05 Å². The quantitative estimate of drug-likeness (QED) is 0.743. The number of methoxy groups -OCH3 is 1. The predicted molar refractivity (Wildman–Crippen MR) is 88.6 cm³/mol. The molecular formula is C15H16N4O3S. The second kappa shape index (κ2) is 5.88. The number of ether oxygens (including phenoxy) is 1. The number of nitrogens with zero attached hydrogens (tertiary/aromatic N) is 2. The molecule has 1 aromatic carbocycles. The highest BCUT2D eigenvalue weighted by molar-refractivity contribution is 7.71. The number of aromatic hydroxyl groups is 1. The van der Waals surface area contributed by atoms with Crippen molar-refractivity contribution in [3.63, 3.8) is 0 Å². The van der Waals surface area contributed by atoms with Gasteiger partial charge < -0.3 is 15.3 Å². The zero-order valence-electron chi connectivity index (χ0n) is 12.7. The van der Waals surface area contributed by atoms with Gasteiger partial charge in [-0.1, -0.05) is 18.2 Å². The van der Waals surface area contributed by atoms with E-state index in [1.54, 1.807) is 14.2 Å². The summed E-state index contributed by atoms with van der Waals surface area (Å²) in [5, 5.41) is 14.4. The summed E-state index contributed by atoms with van der Waals surface area (Å²) in [7, 11) is 3.19. The smallest absolute Gasteiger partial charge is 0.264 e. The van der Waals surface area contributed by atoms with E-state index >= 15 is 0 Å². The summed E-state index contributed by atoms with van der Waals surface area (Å²) >= 11 is 4.97. The number of H-pyrrole nitrogens is 1. The summed E-state index contributed by atoms with van der Waals surface area (Å²) in [5.74, 6) is 0.547. The zero-order valence-corrected chi connectivity index (χ0v) is 13.5. The predicted octanol–water partition coefficient (Wildman–Crippen LogP) is 1.60. The molecule has 0 aliphatic carbocycles. The Balaban J connectivity index is 1.96. The third kappa shape index (κ3) is 2.61. The fourth-order valence-corrected chi connectivity index (χ4v) is 2.78. The van der Waals surface area contributed by atoms with Crippen LogP contribution in [-0.4, -0.2) is 27.5 Å². The lowest BCUT2D eigenvalue weighted by molar-refractivity contribution is 0.402. The van der Waals surface area contributed by atoms with Crippen LogP contribution in [0.2, 0.25) is 0 Å². The topological polar surface area (TPSA) is 91.6 Å². The van der Waals surface area contributed by atoms with Crippen molar-refractivity contribution < 1.29 is 9.84 Å². The van der Waals surface area contributed by atoms with Gasteiger partial charge in [-0.3, -0.25) is 14.3 Å². The van der Waals surface area contributed by atoms with E-state index in [4.69, 9.17) is 17.0 Å². The van der Waals surface area contributed by atoms with Crippen LogP contribution in [0, 0.1) is 4.77 Å². The lowest BCUT2D eigenvalue weighted by atomic mass is 9.99. The van der Waals surface area contributed by atoms with E-state index in [1.165, 1.54) is 4.57 Å². The molecule has 120 valence electrons. The molecule has 23 heavy (non-hydrogen) atoms. The molecule has 3 N–H and O–H groups in total. The highest BCUT2D eigenvalue weighted by Crippen LogP contribution is 2.31. The van der Waals surface area contributed by atoms with Crippen molar-refractivity contribution in [2.75, 3.05) is 7.11 Å². The fraction of sp³-hybridized carbons (Fsp3) is 0.267. The maximum absolute atomic E-state index is 12.1. The maximum Gasteiger partial charge on any atom is 0.264 e. The highest BCUT2D eigenvalue weighted by atomic mass is 32.1. The molecule has 2 aromatic rings. The third-order valence-electron chi connectivity index (χ3n) is 3.85. The normalized spacial score (nSPS) is 16.8. The van der Waals surface area contributed by atoms with Crippen LogP contribution in [0.4, 0.5) is 0 Å². The van der Waals surface area contributed by atoms with E-state index in [1.807, 2.05) is 24.3 Å². The molecular weight excluding hydrogens is 316 g/mol. The van der Waals surface area contributed by atoms with E-state index < -0.39 is 5.56 Å². The average Bonchev–Trinajstić information content (AvgIpc) is 3.02. The van der Waals surface area contributed by atoms with Crippen molar-refractivity contribution in [2.24, 2.45) is 12.1 Å². The van der Waals surface area contributed by atoms with E-state index in [-0.39, 0.29) is 22.3 Å². The van der Waals surface area contributed by atoms with Crippen molar-refractivity contribution >= 4 is 17.9 Å². The molecule has 0 saturated carbocycles. The molecule has 0 unspecified atom stereocenters. The Morgan fingerprint density at radius 1 is 1.43 bits per heavy atom. The number of hydrazone groups is 1. The van der Waals surface area contributed by atoms with Crippen LogP contribution >= 0.6 is 12.2 Å². The number of nitrogens with one attached hydrogen (secondary N) is 2. The third-order valence-corrected chi connectivity index (χ3v) is 4.23. The van der Waals surface area contributed by atoms with Gasteiger partial charge in [0.2, 0.25) is 5.88 Å². The van der Waals surface area contributed by atoms with Crippen LogP contribution in [0.1, 0.15) is 23.6 Å². The van der Waals surface area contributed by atoms with Gasteiger partial charge in [0.1, 0.15) is 11.3 Å². The molecule has 0 radical (unpaired) electrons. The highest BCUT2D eigenvalue weighted by Gasteiger charge is 2.27. The molecule has 8 heteroatoms. The summed E-state index contributed by atoms with van der Waals surface area (Å²) in [4.78, 5) is 14.7. The van der Waals surface area contributed by atoms with Gasteiger partial charge >= 0.3 is 0 Å². The lowest BCUT2D eigenvalue weighted by Crippen LogP contribution is -2.21. The van der Waals surface area contributed by atoms with E-state index in [0.717, 1.165) is 11.3 Å². The minimum Gasteiger partial charge on any atom is -0.496 e. The van der Waals surface area contributed by atoms with Crippen molar-refractivity contribution in [1.82, 2.24) is 15.0 Å². The van der Waals surface area contributed by atoms with E-state index in [0.29, 0.717) is 12.1 Å². The van der Waals surface area contributed by atoms with Crippen LogP contribution in [0.25, 0.3) is 0 Å². The molecule has 3 rings (SSSR count). The molecule has 1 aliphatic rings. The van der Waals surface area contributed by atoms with Crippen LogP contribution < -0.4 is 15.7 Å². The second-order valence-electron chi connectivity index (χ2n) is 5.20. The fourth-order valence-electron chi connectivity index (χ4n) is 2.60. The summed E-state index contributed by atoms with van der Waals surface area (Å²) in [6, 6.07) is 7.47. The molecule has 0 bridgehead atoms. The SMILES string of the molecule is COc1ccccc1[C@H]1CC(c2c(O)n(C)c(=S)[nH]c2=O)=NN1. The van der Waals surface area contributed by atoms with Crippen molar-refractivity contribution in [1.29, 1.82) is 0 Å². The average molecular weight is 332 g/mol. The first kappa shape index (κ1) is 15.3. The first-order valence-electron chi connectivity index (χ1n) is 7.00. The standard InChI is InChI=1S/C15H16N4O3S/c1-19-14(21)12(13(20)16-15(19)23)10-7-9(17-18-10)8-5-3-4-6-11(8)22-2/h3-6,9,17,21H,7H2,1-2H3,(H,16,20,23)/t9-/m1/s1. The summed E-state index contributed by atoms with van der Waals surface area (Å²) in [6.45, 7) is 0. The van der Waals surface area contributed by atoms with Gasteiger partial charge in [-0.2, -0.15) is 5.10 Å². The Kier molecular flexibility index (Phi) is 3.91. The minimum absolute atomic E-state index is 0.131. The lowest BCUT2D eigenvalue weighted by Gasteiger charge is -2.14. The molecule has 2 heterocycles. The first-order valence-corrected chi connectivity index (χ1v) is 7.41. The number of benzene rings is 1. The maximum atomic E-state index is 12.1. The van der Waals surface area contributed by atoms with E-state index in [9.17, 15) is 9.90 Å². The van der Waals surface area contributed by atoms with Crippen LogP contribution in [0.15, 0.2) is 34.2 Å². The van der Waals surface area contributed by atoms with Gasteiger partial charge in [0, 0.05) is 19.0 Å². The van der Waals surface area contributed by atoms with Crippen molar-refractivity contribution in [3.8, 4) is 11.6 Å². The molecule has 1 atom stereocenters. The number of para-hydroxylation sites is 1. The minimum atomic E-state index is -0.452. The van der Waals surface area contributed by atoms with E-state index in [2.05, 4.69) is 15.5 Å². The summed E-state index contributed by atoms with van der Waals surface area (Å²) < 4.78 is 6.85. The largest absolute Gasteiger partial charge is 0.496 e. The number of aromatic nitrogens is 2. The zero-order chi connectivity index (χ0) is 16.6. The van der Waals surface area contributed by atoms with Gasteiger partial charge in [0.25, 0.3) is 5.56 Å². The molecule has 0 fully saturated rings. The number of hydrogen-bond acceptors (Lipinski definition) is 6. The van der Waals surface area contributed by atoms with Crippen LogP contribution in [0.5, 0.6) is 11.6 Å². The second-order valence-corrected chi connectivity index (χ2v) is 5.59. The van der Waals surface area contributed by atoms with Crippen molar-refractivity contribution in [3.05, 3.63) is 50.5 Å². The first-order chi connectivity index (χ1) is 11.0. The Labute approximate surface area is 137 Å². The van der Waals surface area contributed by atoms with Crippen molar-refractivity contribution in [2.45, 2.75) is 12.5 Å². The Morgan fingerprint density at radius 2 is 2.17 bits per heavy atom. The monoisotopic (exact) mass is 332 g/mol. The molecule has 0 amide bonds. The summed E-state index contributed by atoms with van der Waals surface area (Å²) in [6.07, 6.45) is 0.452. The Hall–Kier alpha value is -2.61. The van der Waals surface area contributed by atoms with Gasteiger partial charge in [-0.15, -0.1) is 0 Å². The number of rotatable bonds is 3. The molecule has 1 aromatic heterocycles. The Morgan fingerprint density at radius 3 is 2.91 bits per heavy atom. The Bertz CT molecular complexity index is 900. The van der Waals surface area contributed by atoms with Gasteiger partial charge in [-0.05, 0) is 18.3 Å².